The van der Waals surface area contributed by atoms with Crippen LogP contribution in [0.5, 0.6) is 0 Å². The Morgan fingerprint density at radius 1 is 0.935 bits per heavy atom. The molecule has 31 heavy (non-hydrogen) atoms. The van der Waals surface area contributed by atoms with Crippen LogP contribution in [0, 0.1) is 0 Å². The summed E-state index contributed by atoms with van der Waals surface area (Å²) in [6.07, 6.45) is 2.17. The number of amides is 1. The maximum atomic E-state index is 13.2. The van der Waals surface area contributed by atoms with Crippen molar-refractivity contribution >= 4 is 33.1 Å². The molecule has 2 aliphatic heterocycles. The van der Waals surface area contributed by atoms with Crippen LogP contribution in [0.4, 0.5) is 5.69 Å². The number of rotatable bonds is 4. The third-order valence-electron chi connectivity index (χ3n) is 6.81. The van der Waals surface area contributed by atoms with Gasteiger partial charge in [-0.15, -0.1) is 11.3 Å². The van der Waals surface area contributed by atoms with Gasteiger partial charge in [0.05, 0.1) is 21.3 Å². The Balaban J connectivity index is 1.14. The van der Waals surface area contributed by atoms with E-state index >= 15 is 0 Å². The summed E-state index contributed by atoms with van der Waals surface area (Å²) in [7, 11) is 0. The first-order valence-electron chi connectivity index (χ1n) is 11.4. The second-order valence-corrected chi connectivity index (χ2v) is 9.72. The van der Waals surface area contributed by atoms with E-state index in [9.17, 15) is 4.79 Å². The first-order chi connectivity index (χ1) is 15.2. The van der Waals surface area contributed by atoms with Crippen molar-refractivity contribution in [2.45, 2.75) is 31.7 Å². The number of hydrogen-bond acceptors (Lipinski definition) is 5. The van der Waals surface area contributed by atoms with E-state index in [2.05, 4.69) is 70.2 Å². The second-order valence-electron chi connectivity index (χ2n) is 8.65. The fourth-order valence-corrected chi connectivity index (χ4v) is 5.98. The number of para-hydroxylation sites is 2. The Kier molecular flexibility index (Phi) is 5.92. The molecule has 0 saturated carbocycles. The quantitative estimate of drug-likeness (QED) is 0.617. The zero-order chi connectivity index (χ0) is 21.2. The number of likely N-dealkylation sites (tertiary alicyclic amines) is 1. The van der Waals surface area contributed by atoms with E-state index in [0.717, 1.165) is 57.6 Å². The van der Waals surface area contributed by atoms with Crippen molar-refractivity contribution < 1.29 is 4.79 Å². The van der Waals surface area contributed by atoms with Crippen molar-refractivity contribution in [2.75, 3.05) is 44.2 Å². The summed E-state index contributed by atoms with van der Waals surface area (Å²) in [5.41, 5.74) is 2.36. The maximum absolute atomic E-state index is 13.2. The van der Waals surface area contributed by atoms with Gasteiger partial charge in [-0.05, 0) is 57.1 Å². The predicted octanol–water partition coefficient (Wildman–Crippen LogP) is 4.21. The van der Waals surface area contributed by atoms with Gasteiger partial charge in [0.25, 0.3) is 0 Å². The average molecular weight is 435 g/mol. The number of carbonyl (C=O) groups is 1. The molecular weight excluding hydrogens is 404 g/mol. The van der Waals surface area contributed by atoms with E-state index in [0.29, 0.717) is 5.92 Å². The van der Waals surface area contributed by atoms with Crippen LogP contribution in [0.15, 0.2) is 54.6 Å². The number of anilines is 1. The first kappa shape index (κ1) is 20.5. The maximum Gasteiger partial charge on any atom is 0.239 e. The normalized spacial score (nSPS) is 19.6. The van der Waals surface area contributed by atoms with Gasteiger partial charge in [-0.3, -0.25) is 9.69 Å². The Labute approximate surface area is 188 Å². The molecule has 1 atom stereocenters. The number of aromatic nitrogens is 1. The lowest BCUT2D eigenvalue weighted by molar-refractivity contribution is -0.137. The minimum atomic E-state index is -0.0420. The van der Waals surface area contributed by atoms with Crippen molar-refractivity contribution in [3.05, 3.63) is 59.6 Å². The highest BCUT2D eigenvalue weighted by Crippen LogP contribution is 2.34. The number of piperazine rings is 1. The zero-order valence-corrected chi connectivity index (χ0v) is 18.9. The van der Waals surface area contributed by atoms with Gasteiger partial charge in [0.2, 0.25) is 5.91 Å². The number of thiazole rings is 1. The fourth-order valence-electron chi connectivity index (χ4n) is 4.84. The monoisotopic (exact) mass is 434 g/mol. The first-order valence-corrected chi connectivity index (χ1v) is 12.2. The highest BCUT2D eigenvalue weighted by molar-refractivity contribution is 7.18. The van der Waals surface area contributed by atoms with E-state index in [1.807, 2.05) is 17.4 Å². The third-order valence-corrected chi connectivity index (χ3v) is 8.01. The van der Waals surface area contributed by atoms with Gasteiger partial charge in [-0.25, -0.2) is 4.98 Å². The number of benzene rings is 2. The van der Waals surface area contributed by atoms with E-state index in [-0.39, 0.29) is 11.9 Å². The number of fused-ring (bicyclic) bond motifs is 1. The molecule has 2 fully saturated rings. The molecule has 0 spiro atoms. The lowest BCUT2D eigenvalue weighted by Gasteiger charge is -2.40. The van der Waals surface area contributed by atoms with Gasteiger partial charge >= 0.3 is 0 Å². The van der Waals surface area contributed by atoms with Crippen LogP contribution in [-0.2, 0) is 4.79 Å². The molecule has 1 unspecified atom stereocenters. The molecule has 0 bridgehead atoms. The minimum Gasteiger partial charge on any atom is -0.368 e. The summed E-state index contributed by atoms with van der Waals surface area (Å²) >= 11 is 1.83. The summed E-state index contributed by atoms with van der Waals surface area (Å²) in [6.45, 7) is 7.45. The predicted molar refractivity (Wildman–Crippen MR) is 128 cm³/mol. The molecular formula is C25H30N4OS. The Hall–Kier alpha value is -2.44. The highest BCUT2D eigenvalue weighted by Gasteiger charge is 2.32. The number of piperidine rings is 1. The topological polar surface area (TPSA) is 39.7 Å². The smallest absolute Gasteiger partial charge is 0.239 e. The minimum absolute atomic E-state index is 0.0420. The van der Waals surface area contributed by atoms with Gasteiger partial charge in [-0.2, -0.15) is 0 Å². The summed E-state index contributed by atoms with van der Waals surface area (Å²) < 4.78 is 1.28. The number of carbonyl (C=O) groups excluding carboxylic acids is 1. The highest BCUT2D eigenvalue weighted by atomic mass is 32.1. The van der Waals surface area contributed by atoms with E-state index in [4.69, 9.17) is 4.98 Å². The summed E-state index contributed by atoms with van der Waals surface area (Å²) in [5, 5.41) is 1.26. The molecule has 1 aromatic heterocycles. The molecule has 3 heterocycles. The van der Waals surface area contributed by atoms with E-state index in [1.165, 1.54) is 15.4 Å². The lowest BCUT2D eigenvalue weighted by Crippen LogP contribution is -2.55. The van der Waals surface area contributed by atoms with Gasteiger partial charge < -0.3 is 9.80 Å². The van der Waals surface area contributed by atoms with Crippen molar-refractivity contribution in [3.8, 4) is 0 Å². The number of hydrogen-bond donors (Lipinski definition) is 0. The van der Waals surface area contributed by atoms with Crippen LogP contribution in [-0.4, -0.2) is 66.0 Å². The van der Waals surface area contributed by atoms with Crippen molar-refractivity contribution in [2.24, 2.45) is 0 Å². The van der Waals surface area contributed by atoms with E-state index in [1.54, 1.807) is 0 Å². The van der Waals surface area contributed by atoms with Crippen LogP contribution in [0.25, 0.3) is 10.2 Å². The second kappa shape index (κ2) is 8.97. The van der Waals surface area contributed by atoms with Crippen molar-refractivity contribution in [3.63, 3.8) is 0 Å². The standard InChI is InChI=1S/C25H30N4OS/c1-19(25(30)29-17-15-28(16-18-29)21-7-3-2-4-8-21)27-13-11-20(12-14-27)24-26-22-9-5-6-10-23(22)31-24/h2-10,19-20H,11-18H2,1H3. The summed E-state index contributed by atoms with van der Waals surface area (Å²) in [5.74, 6) is 0.802. The van der Waals surface area contributed by atoms with Crippen LogP contribution >= 0.6 is 11.3 Å². The van der Waals surface area contributed by atoms with Gasteiger partial charge in [0.15, 0.2) is 0 Å². The van der Waals surface area contributed by atoms with Crippen molar-refractivity contribution in [1.29, 1.82) is 0 Å². The zero-order valence-electron chi connectivity index (χ0n) is 18.1. The third kappa shape index (κ3) is 4.32. The fraction of sp³-hybridized carbons (Fsp3) is 0.440. The summed E-state index contributed by atoms with van der Waals surface area (Å²) in [4.78, 5) is 24.8. The molecule has 0 N–H and O–H groups in total. The molecule has 1 amide bonds. The summed E-state index contributed by atoms with van der Waals surface area (Å²) in [6, 6.07) is 18.9. The molecule has 2 aromatic carbocycles. The molecule has 2 saturated heterocycles. The van der Waals surface area contributed by atoms with Crippen LogP contribution < -0.4 is 4.90 Å². The molecule has 2 aliphatic rings. The van der Waals surface area contributed by atoms with Gasteiger partial charge in [-0.1, -0.05) is 30.3 Å². The van der Waals surface area contributed by atoms with Gasteiger partial charge in [0, 0.05) is 37.8 Å². The molecule has 3 aromatic rings. The SMILES string of the molecule is CC(C(=O)N1CCN(c2ccccc2)CC1)N1CCC(c2nc3ccccc3s2)CC1. The lowest BCUT2D eigenvalue weighted by atomic mass is 9.96. The number of nitrogens with zero attached hydrogens (tertiary/aromatic N) is 4. The Morgan fingerprint density at radius 3 is 2.32 bits per heavy atom. The molecule has 5 rings (SSSR count). The average Bonchev–Trinajstić information content (AvgIpc) is 3.28. The van der Waals surface area contributed by atoms with E-state index < -0.39 is 0 Å². The Bertz CT molecular complexity index is 987. The molecule has 6 heteroatoms. The molecule has 162 valence electrons. The van der Waals surface area contributed by atoms with Gasteiger partial charge in [0.1, 0.15) is 0 Å². The van der Waals surface area contributed by atoms with Crippen LogP contribution in [0.1, 0.15) is 30.7 Å². The molecule has 0 radical (unpaired) electrons. The van der Waals surface area contributed by atoms with Crippen LogP contribution in [0.3, 0.4) is 0 Å². The van der Waals surface area contributed by atoms with Crippen LogP contribution in [0.2, 0.25) is 0 Å². The Morgan fingerprint density at radius 2 is 1.61 bits per heavy atom. The molecule has 0 aliphatic carbocycles. The molecule has 5 nitrogen and oxygen atoms in total. The largest absolute Gasteiger partial charge is 0.368 e. The van der Waals surface area contributed by atoms with Crippen molar-refractivity contribution in [1.82, 2.24) is 14.8 Å².